The number of fused-ring (bicyclic) bond motifs is 3. The van der Waals surface area contributed by atoms with Crippen LogP contribution in [0, 0.1) is 23.7 Å². The number of nitrogens with one attached hydrogen (secondary N) is 1. The molecule has 10 heteroatoms. The highest BCUT2D eigenvalue weighted by atomic mass is 32.2. The van der Waals surface area contributed by atoms with Crippen molar-refractivity contribution in [2.24, 2.45) is 11.1 Å². The normalized spacial score (nSPS) is 23.5. The Morgan fingerprint density at radius 1 is 1.27 bits per heavy atom. The van der Waals surface area contributed by atoms with E-state index < -0.39 is 11.3 Å². The Labute approximate surface area is 199 Å². The Kier molecular flexibility index (Phi) is 4.71. The number of nitriles is 1. The average molecular weight is 479 g/mol. The van der Waals surface area contributed by atoms with Gasteiger partial charge in [0.25, 0.3) is 0 Å². The second-order valence-corrected chi connectivity index (χ2v) is 11.3. The third-order valence-electron chi connectivity index (χ3n) is 6.41. The van der Waals surface area contributed by atoms with E-state index in [-0.39, 0.29) is 29.0 Å². The lowest BCUT2D eigenvalue weighted by molar-refractivity contribution is -0.123. The number of thioether (sulfide) groups is 1. The number of rotatable bonds is 2. The lowest BCUT2D eigenvalue weighted by atomic mass is 9.61. The molecule has 3 N–H and O–H groups in total. The van der Waals surface area contributed by atoms with E-state index in [9.17, 15) is 14.9 Å². The zero-order valence-corrected chi connectivity index (χ0v) is 20.3. The molecule has 33 heavy (non-hydrogen) atoms. The van der Waals surface area contributed by atoms with Gasteiger partial charge in [-0.05, 0) is 31.1 Å². The second kappa shape index (κ2) is 7.17. The van der Waals surface area contributed by atoms with Crippen molar-refractivity contribution in [3.8, 4) is 6.07 Å². The SMILES string of the molecule is CSc1nnc(N2C(N)=C(C#N)[C@@]3(C(=O)Nc4ccc(C)cc43)C3=C2CC(C)(C)CC3=O)s1. The number of ketones is 1. The van der Waals surface area contributed by atoms with Crippen LogP contribution in [0.25, 0.3) is 0 Å². The van der Waals surface area contributed by atoms with Crippen LogP contribution in [-0.2, 0) is 15.0 Å². The van der Waals surface area contributed by atoms with E-state index in [1.54, 1.807) is 4.90 Å². The number of aromatic nitrogens is 2. The zero-order valence-electron chi connectivity index (χ0n) is 18.6. The highest BCUT2D eigenvalue weighted by Crippen LogP contribution is 2.57. The first-order chi connectivity index (χ1) is 15.6. The van der Waals surface area contributed by atoms with Crippen molar-refractivity contribution in [1.82, 2.24) is 10.2 Å². The Hall–Kier alpha value is -3.16. The van der Waals surface area contributed by atoms with Crippen molar-refractivity contribution in [3.05, 3.63) is 52.0 Å². The summed E-state index contributed by atoms with van der Waals surface area (Å²) in [7, 11) is 0. The maximum atomic E-state index is 13.8. The fraction of sp³-hybridized carbons (Fsp3) is 0.348. The predicted octanol–water partition coefficient (Wildman–Crippen LogP) is 3.62. The van der Waals surface area contributed by atoms with E-state index in [0.717, 1.165) is 9.90 Å². The van der Waals surface area contributed by atoms with Crippen LogP contribution in [0.4, 0.5) is 10.8 Å². The molecule has 1 aliphatic carbocycles. The van der Waals surface area contributed by atoms with Gasteiger partial charge in [0.05, 0.1) is 5.57 Å². The Morgan fingerprint density at radius 2 is 2.03 bits per heavy atom. The molecule has 0 saturated heterocycles. The molecule has 3 aliphatic rings. The summed E-state index contributed by atoms with van der Waals surface area (Å²) in [6.45, 7) is 5.94. The van der Waals surface area contributed by atoms with Crippen LogP contribution in [0.1, 0.15) is 37.8 Å². The van der Waals surface area contributed by atoms with Gasteiger partial charge in [0, 0.05) is 28.9 Å². The molecule has 1 amide bonds. The maximum absolute atomic E-state index is 13.8. The molecule has 3 heterocycles. The van der Waals surface area contributed by atoms with E-state index in [1.165, 1.54) is 23.1 Å². The molecule has 0 fully saturated rings. The lowest BCUT2D eigenvalue weighted by Gasteiger charge is -2.45. The summed E-state index contributed by atoms with van der Waals surface area (Å²) in [6.07, 6.45) is 2.66. The van der Waals surface area contributed by atoms with Gasteiger partial charge >= 0.3 is 0 Å². The summed E-state index contributed by atoms with van der Waals surface area (Å²) in [4.78, 5) is 29.1. The van der Waals surface area contributed by atoms with Crippen molar-refractivity contribution < 1.29 is 9.59 Å². The van der Waals surface area contributed by atoms with Crippen molar-refractivity contribution in [2.45, 2.75) is 43.4 Å². The van der Waals surface area contributed by atoms with Gasteiger partial charge in [-0.25, -0.2) is 0 Å². The van der Waals surface area contributed by atoms with Crippen LogP contribution in [0.5, 0.6) is 0 Å². The molecule has 2 aromatic rings. The summed E-state index contributed by atoms with van der Waals surface area (Å²) < 4.78 is 0.736. The first-order valence-corrected chi connectivity index (χ1v) is 12.5. The molecule has 1 spiro atoms. The van der Waals surface area contributed by atoms with Gasteiger partial charge < -0.3 is 11.1 Å². The van der Waals surface area contributed by atoms with Crippen molar-refractivity contribution in [1.29, 1.82) is 5.26 Å². The van der Waals surface area contributed by atoms with Gasteiger partial charge in [-0.15, -0.1) is 10.2 Å². The molecule has 5 rings (SSSR count). The molecular weight excluding hydrogens is 456 g/mol. The third kappa shape index (κ3) is 2.89. The average Bonchev–Trinajstić information content (AvgIpc) is 3.31. The Morgan fingerprint density at radius 3 is 2.70 bits per heavy atom. The van der Waals surface area contributed by atoms with Crippen molar-refractivity contribution >= 4 is 45.6 Å². The van der Waals surface area contributed by atoms with Gasteiger partial charge in [-0.2, -0.15) is 5.26 Å². The van der Waals surface area contributed by atoms with E-state index >= 15 is 0 Å². The Balaban J connectivity index is 1.89. The molecule has 1 aromatic heterocycles. The predicted molar refractivity (Wildman–Crippen MR) is 128 cm³/mol. The molecule has 1 atom stereocenters. The smallest absolute Gasteiger partial charge is 0.245 e. The summed E-state index contributed by atoms with van der Waals surface area (Å²) in [5, 5.41) is 22.2. The van der Waals surface area contributed by atoms with Gasteiger partial charge in [0.2, 0.25) is 11.0 Å². The summed E-state index contributed by atoms with van der Waals surface area (Å²) in [5.41, 5.74) is 7.80. The van der Waals surface area contributed by atoms with Gasteiger partial charge in [-0.3, -0.25) is 14.5 Å². The number of carbonyl (C=O) groups is 2. The molecular formula is C23H22N6O2S2. The number of nitrogens with zero attached hydrogens (tertiary/aromatic N) is 4. The number of hydrogen-bond donors (Lipinski definition) is 2. The quantitative estimate of drug-likeness (QED) is 0.627. The van der Waals surface area contributed by atoms with Crippen molar-refractivity contribution in [3.63, 3.8) is 0 Å². The summed E-state index contributed by atoms with van der Waals surface area (Å²) >= 11 is 2.78. The highest BCUT2D eigenvalue weighted by Gasteiger charge is 2.61. The minimum Gasteiger partial charge on any atom is -0.384 e. The van der Waals surface area contributed by atoms with Crippen LogP contribution in [0.15, 0.2) is 45.2 Å². The van der Waals surface area contributed by atoms with E-state index in [0.29, 0.717) is 34.1 Å². The number of hydrogen-bond acceptors (Lipinski definition) is 9. The van der Waals surface area contributed by atoms with E-state index in [2.05, 4.69) is 21.6 Å². The van der Waals surface area contributed by atoms with E-state index in [4.69, 9.17) is 5.73 Å². The minimum absolute atomic E-state index is 0.0389. The number of aryl methyl sites for hydroxylation is 1. The summed E-state index contributed by atoms with van der Waals surface area (Å²) in [5.74, 6) is -0.481. The largest absolute Gasteiger partial charge is 0.384 e. The highest BCUT2D eigenvalue weighted by molar-refractivity contribution is 8.00. The number of anilines is 2. The lowest BCUT2D eigenvalue weighted by Crippen LogP contribution is -2.52. The molecule has 1 aromatic carbocycles. The zero-order chi connectivity index (χ0) is 23.7. The van der Waals surface area contributed by atoms with Crippen LogP contribution < -0.4 is 16.0 Å². The number of benzene rings is 1. The first kappa shape index (κ1) is 21.7. The summed E-state index contributed by atoms with van der Waals surface area (Å²) in [6, 6.07) is 7.75. The van der Waals surface area contributed by atoms with Crippen LogP contribution in [0.3, 0.4) is 0 Å². The van der Waals surface area contributed by atoms with Crippen LogP contribution in [-0.4, -0.2) is 28.1 Å². The molecule has 0 unspecified atom stereocenters. The number of allylic oxidation sites excluding steroid dienone is 1. The van der Waals surface area contributed by atoms with Crippen molar-refractivity contribution in [2.75, 3.05) is 16.5 Å². The molecule has 0 radical (unpaired) electrons. The van der Waals surface area contributed by atoms with Crippen LogP contribution in [0.2, 0.25) is 0 Å². The van der Waals surface area contributed by atoms with Gasteiger partial charge in [0.1, 0.15) is 17.3 Å². The minimum atomic E-state index is -1.58. The first-order valence-electron chi connectivity index (χ1n) is 10.4. The number of nitrogens with two attached hydrogens (primary N) is 1. The fourth-order valence-corrected chi connectivity index (χ4v) is 6.42. The molecule has 8 nitrogen and oxygen atoms in total. The molecule has 2 aliphatic heterocycles. The second-order valence-electron chi connectivity index (χ2n) is 9.28. The monoisotopic (exact) mass is 478 g/mol. The number of carbonyl (C=O) groups excluding carboxylic acids is 2. The Bertz CT molecular complexity index is 1350. The van der Waals surface area contributed by atoms with Gasteiger partial charge in [0.15, 0.2) is 10.1 Å². The fourth-order valence-electron chi connectivity index (χ4n) is 5.13. The van der Waals surface area contributed by atoms with E-state index in [1.807, 2.05) is 45.2 Å². The topological polar surface area (TPSA) is 125 Å². The standard InChI is InChI=1S/C23H22N6O2S2/c1-11-5-6-14-12(7-11)23(19(31)26-14)13(10-24)18(25)29(20-27-28-21(32-4)33-20)15-8-22(2,3)9-16(30)17(15)23/h5-7H,8-9,25H2,1-4H3,(H,26,31)/t23-/m1/s1. The number of Topliss-reactive ketones (excluding diaryl/α,β-unsaturated/α-hetero) is 1. The number of amides is 1. The van der Waals surface area contributed by atoms with Gasteiger partial charge in [-0.1, -0.05) is 54.6 Å². The molecule has 0 saturated carbocycles. The maximum Gasteiger partial charge on any atom is 0.245 e. The molecule has 0 bridgehead atoms. The third-order valence-corrected chi connectivity index (χ3v) is 8.29. The van der Waals surface area contributed by atoms with Crippen LogP contribution >= 0.6 is 23.1 Å². The molecule has 168 valence electrons.